The van der Waals surface area contributed by atoms with E-state index in [9.17, 15) is 9.59 Å². The van der Waals surface area contributed by atoms with Crippen LogP contribution in [0.25, 0.3) is 0 Å². The van der Waals surface area contributed by atoms with E-state index in [1.165, 1.54) is 11.3 Å². The number of hydrogen-bond acceptors (Lipinski definition) is 5. The number of anilines is 2. The van der Waals surface area contributed by atoms with Crippen LogP contribution in [-0.2, 0) is 22.4 Å². The predicted octanol–water partition coefficient (Wildman–Crippen LogP) is 2.96. The number of amides is 2. The summed E-state index contributed by atoms with van der Waals surface area (Å²) in [4.78, 5) is 35.2. The molecule has 6 nitrogen and oxygen atoms in total. The topological polar surface area (TPSA) is 75.2 Å². The van der Waals surface area contributed by atoms with Crippen LogP contribution >= 0.6 is 11.3 Å². The van der Waals surface area contributed by atoms with E-state index in [4.69, 9.17) is 0 Å². The second-order valence-corrected chi connectivity index (χ2v) is 8.16. The molecule has 0 aromatic carbocycles. The van der Waals surface area contributed by atoms with Crippen LogP contribution in [0.2, 0.25) is 0 Å². The highest BCUT2D eigenvalue weighted by Gasteiger charge is 2.27. The van der Waals surface area contributed by atoms with Gasteiger partial charge in [-0.25, -0.2) is 4.98 Å². The van der Waals surface area contributed by atoms with E-state index >= 15 is 0 Å². The SMILES string of the molecule is Cc1cnc2c(c1)N(C(=O)Cc1csc(NC(=O)C(C)(C)C)n1)CC2. The van der Waals surface area contributed by atoms with Crippen molar-refractivity contribution in [3.05, 3.63) is 34.6 Å². The number of thiazole rings is 1. The molecule has 3 rings (SSSR count). The van der Waals surface area contributed by atoms with Crippen molar-refractivity contribution in [1.29, 1.82) is 0 Å². The van der Waals surface area contributed by atoms with E-state index in [-0.39, 0.29) is 18.2 Å². The summed E-state index contributed by atoms with van der Waals surface area (Å²) in [5, 5.41) is 5.15. The predicted molar refractivity (Wildman–Crippen MR) is 98.9 cm³/mol. The van der Waals surface area contributed by atoms with Crippen LogP contribution in [0.4, 0.5) is 10.8 Å². The first-order chi connectivity index (χ1) is 11.7. The largest absolute Gasteiger partial charge is 0.310 e. The fraction of sp³-hybridized carbons (Fsp3) is 0.444. The zero-order chi connectivity index (χ0) is 18.2. The van der Waals surface area contributed by atoms with Crippen molar-refractivity contribution < 1.29 is 9.59 Å². The van der Waals surface area contributed by atoms with Crippen LogP contribution in [0.15, 0.2) is 17.6 Å². The van der Waals surface area contributed by atoms with Gasteiger partial charge in [-0.15, -0.1) is 11.3 Å². The lowest BCUT2D eigenvalue weighted by Gasteiger charge is -2.17. The third-order valence-corrected chi connectivity index (χ3v) is 4.84. The summed E-state index contributed by atoms with van der Waals surface area (Å²) in [6, 6.07) is 2.00. The Morgan fingerprint density at radius 2 is 2.12 bits per heavy atom. The van der Waals surface area contributed by atoms with Gasteiger partial charge in [0, 0.05) is 30.0 Å². The minimum Gasteiger partial charge on any atom is -0.310 e. The molecule has 0 aliphatic carbocycles. The maximum atomic E-state index is 12.7. The number of fused-ring (bicyclic) bond motifs is 1. The summed E-state index contributed by atoms with van der Waals surface area (Å²) in [7, 11) is 0. The summed E-state index contributed by atoms with van der Waals surface area (Å²) in [5.74, 6) is -0.0834. The average Bonchev–Trinajstić information content (AvgIpc) is 3.12. The molecule has 0 bridgehead atoms. The second-order valence-electron chi connectivity index (χ2n) is 7.30. The van der Waals surface area contributed by atoms with E-state index in [1.807, 2.05) is 45.3 Å². The number of hydrogen-bond donors (Lipinski definition) is 1. The Labute approximate surface area is 151 Å². The molecule has 132 valence electrons. The molecule has 2 aromatic rings. The van der Waals surface area contributed by atoms with E-state index in [1.54, 1.807) is 4.90 Å². The number of carbonyl (C=O) groups excluding carboxylic acids is 2. The van der Waals surface area contributed by atoms with Gasteiger partial charge in [-0.2, -0.15) is 0 Å². The molecular formula is C18H22N4O2S. The number of carbonyl (C=O) groups is 2. The summed E-state index contributed by atoms with van der Waals surface area (Å²) in [6.45, 7) is 8.17. The first kappa shape index (κ1) is 17.5. The van der Waals surface area contributed by atoms with E-state index in [2.05, 4.69) is 15.3 Å². The van der Waals surface area contributed by atoms with Crippen molar-refractivity contribution >= 4 is 34.0 Å². The molecule has 0 unspecified atom stereocenters. The highest BCUT2D eigenvalue weighted by Crippen LogP contribution is 2.28. The van der Waals surface area contributed by atoms with Gasteiger partial charge in [0.05, 0.1) is 23.5 Å². The zero-order valence-electron chi connectivity index (χ0n) is 14.9. The van der Waals surface area contributed by atoms with Gasteiger partial charge in [-0.1, -0.05) is 20.8 Å². The van der Waals surface area contributed by atoms with Crippen molar-refractivity contribution in [1.82, 2.24) is 9.97 Å². The van der Waals surface area contributed by atoms with Gasteiger partial charge in [0.15, 0.2) is 5.13 Å². The molecular weight excluding hydrogens is 336 g/mol. The Balaban J connectivity index is 1.67. The molecule has 0 fully saturated rings. The molecule has 7 heteroatoms. The number of pyridine rings is 1. The first-order valence-electron chi connectivity index (χ1n) is 8.26. The Kier molecular flexibility index (Phi) is 4.60. The third-order valence-electron chi connectivity index (χ3n) is 4.03. The number of nitrogens with zero attached hydrogens (tertiary/aromatic N) is 3. The van der Waals surface area contributed by atoms with Crippen molar-refractivity contribution in [2.24, 2.45) is 5.41 Å². The van der Waals surface area contributed by atoms with Crippen LogP contribution in [0, 0.1) is 12.3 Å². The number of rotatable bonds is 3. The number of nitrogens with one attached hydrogen (secondary N) is 1. The fourth-order valence-electron chi connectivity index (χ4n) is 2.59. The molecule has 1 N–H and O–H groups in total. The number of aromatic nitrogens is 2. The third kappa shape index (κ3) is 3.87. The van der Waals surface area contributed by atoms with Gasteiger partial charge in [0.1, 0.15) is 0 Å². The lowest BCUT2D eigenvalue weighted by atomic mass is 9.96. The number of aryl methyl sites for hydroxylation is 1. The minimum absolute atomic E-state index is 0.00477. The molecule has 0 saturated heterocycles. The molecule has 0 saturated carbocycles. The average molecular weight is 358 g/mol. The molecule has 1 aliphatic heterocycles. The van der Waals surface area contributed by atoms with E-state index in [0.29, 0.717) is 17.4 Å². The maximum Gasteiger partial charge on any atom is 0.233 e. The van der Waals surface area contributed by atoms with Crippen LogP contribution in [0.3, 0.4) is 0 Å². The van der Waals surface area contributed by atoms with Gasteiger partial charge in [0.2, 0.25) is 11.8 Å². The molecule has 0 atom stereocenters. The monoisotopic (exact) mass is 358 g/mol. The molecule has 1 aliphatic rings. The van der Waals surface area contributed by atoms with Crippen molar-refractivity contribution in [3.63, 3.8) is 0 Å². The smallest absolute Gasteiger partial charge is 0.233 e. The highest BCUT2D eigenvalue weighted by molar-refractivity contribution is 7.13. The summed E-state index contributed by atoms with van der Waals surface area (Å²) in [6.07, 6.45) is 2.83. The Morgan fingerprint density at radius 1 is 1.36 bits per heavy atom. The van der Waals surface area contributed by atoms with Crippen molar-refractivity contribution in [2.75, 3.05) is 16.8 Å². The lowest BCUT2D eigenvalue weighted by molar-refractivity contribution is -0.123. The minimum atomic E-state index is -0.480. The van der Waals surface area contributed by atoms with Gasteiger partial charge >= 0.3 is 0 Å². The molecule has 2 amide bonds. The van der Waals surface area contributed by atoms with Gasteiger partial charge in [-0.3, -0.25) is 14.6 Å². The molecule has 3 heterocycles. The zero-order valence-corrected chi connectivity index (χ0v) is 15.7. The van der Waals surface area contributed by atoms with E-state index < -0.39 is 5.41 Å². The maximum absolute atomic E-state index is 12.7. The molecule has 0 spiro atoms. The molecule has 25 heavy (non-hydrogen) atoms. The van der Waals surface area contributed by atoms with Gasteiger partial charge in [-0.05, 0) is 18.6 Å². The molecule has 2 aromatic heterocycles. The van der Waals surface area contributed by atoms with E-state index in [0.717, 1.165) is 23.4 Å². The van der Waals surface area contributed by atoms with Crippen LogP contribution in [0.5, 0.6) is 0 Å². The lowest BCUT2D eigenvalue weighted by Crippen LogP contribution is -2.30. The molecule has 0 radical (unpaired) electrons. The first-order valence-corrected chi connectivity index (χ1v) is 9.14. The highest BCUT2D eigenvalue weighted by atomic mass is 32.1. The Morgan fingerprint density at radius 3 is 2.84 bits per heavy atom. The summed E-state index contributed by atoms with van der Waals surface area (Å²) in [5.41, 5.74) is 3.11. The summed E-state index contributed by atoms with van der Waals surface area (Å²) < 4.78 is 0. The Bertz CT molecular complexity index is 823. The fourth-order valence-corrected chi connectivity index (χ4v) is 3.29. The van der Waals surface area contributed by atoms with Crippen molar-refractivity contribution in [2.45, 2.75) is 40.5 Å². The van der Waals surface area contributed by atoms with Crippen LogP contribution in [-0.4, -0.2) is 28.3 Å². The quantitative estimate of drug-likeness (QED) is 0.915. The Hall–Kier alpha value is -2.28. The van der Waals surface area contributed by atoms with Crippen molar-refractivity contribution in [3.8, 4) is 0 Å². The van der Waals surface area contributed by atoms with Crippen LogP contribution in [0.1, 0.15) is 37.7 Å². The van der Waals surface area contributed by atoms with Gasteiger partial charge in [0.25, 0.3) is 0 Å². The normalized spacial score (nSPS) is 13.7. The summed E-state index contributed by atoms with van der Waals surface area (Å²) >= 11 is 1.34. The van der Waals surface area contributed by atoms with Crippen LogP contribution < -0.4 is 10.2 Å². The van der Waals surface area contributed by atoms with Gasteiger partial charge < -0.3 is 10.2 Å². The standard InChI is InChI=1S/C18H22N4O2S/c1-11-7-14-13(19-9-11)5-6-22(14)15(23)8-12-10-25-17(20-12)21-16(24)18(2,3)4/h7,9-10H,5-6,8H2,1-4H3,(H,20,21,24). The second kappa shape index (κ2) is 6.55.